The van der Waals surface area contributed by atoms with E-state index in [1.54, 1.807) is 6.07 Å². The number of halogens is 2. The van der Waals surface area contributed by atoms with Gasteiger partial charge in [0.2, 0.25) is 21.5 Å². The maximum atomic E-state index is 12.2. The summed E-state index contributed by atoms with van der Waals surface area (Å²) in [4.78, 5) is 11.4. The fourth-order valence-electron chi connectivity index (χ4n) is 2.55. The van der Waals surface area contributed by atoms with Gasteiger partial charge in [0, 0.05) is 13.5 Å². The summed E-state index contributed by atoms with van der Waals surface area (Å²) >= 11 is 12.2. The number of ether oxygens (including phenoxy) is 1. The highest BCUT2D eigenvalue weighted by Gasteiger charge is 2.37. The molecule has 0 unspecified atom stereocenters. The number of hydrogen-bond acceptors (Lipinski definition) is 6. The molecule has 0 spiro atoms. The van der Waals surface area contributed by atoms with Crippen molar-refractivity contribution in [2.75, 3.05) is 16.6 Å². The molecule has 1 aromatic carbocycles. The van der Waals surface area contributed by atoms with Crippen LogP contribution in [0.15, 0.2) is 22.6 Å². The molecule has 7 nitrogen and oxygen atoms in total. The van der Waals surface area contributed by atoms with E-state index >= 15 is 0 Å². The summed E-state index contributed by atoms with van der Waals surface area (Å²) in [6, 6.07) is 4.66. The lowest BCUT2D eigenvalue weighted by atomic mass is 10.1. The van der Waals surface area contributed by atoms with Gasteiger partial charge in [-0.25, -0.2) is 12.7 Å². The molecule has 1 aliphatic heterocycles. The van der Waals surface area contributed by atoms with Crippen LogP contribution in [0, 0.1) is 0 Å². The molecule has 1 aromatic heterocycles. The zero-order chi connectivity index (χ0) is 18.4. The second kappa shape index (κ2) is 6.44. The van der Waals surface area contributed by atoms with Gasteiger partial charge in [-0.3, -0.25) is 4.79 Å². The predicted molar refractivity (Wildman–Crippen MR) is 92.9 cm³/mol. The molecule has 2 heterocycles. The fraction of sp³-hybridized carbons (Fsp3) is 0.267. The summed E-state index contributed by atoms with van der Waals surface area (Å²) in [5.74, 6) is -2.21. The second-order valence-corrected chi connectivity index (χ2v) is 8.17. The van der Waals surface area contributed by atoms with Crippen molar-refractivity contribution in [1.82, 2.24) is 0 Å². The number of carbonyl (C=O) groups is 1. The van der Waals surface area contributed by atoms with Gasteiger partial charge in [-0.1, -0.05) is 29.3 Å². The van der Waals surface area contributed by atoms with Crippen LogP contribution in [0.25, 0.3) is 11.3 Å². The largest absolute Gasteiger partial charge is 0.502 e. The van der Waals surface area contributed by atoms with Crippen LogP contribution in [0.5, 0.6) is 11.5 Å². The number of esters is 1. The Morgan fingerprint density at radius 1 is 1.32 bits per heavy atom. The van der Waals surface area contributed by atoms with E-state index in [1.165, 1.54) is 12.1 Å². The Morgan fingerprint density at radius 2 is 1.96 bits per heavy atom. The van der Waals surface area contributed by atoms with E-state index in [9.17, 15) is 18.3 Å². The van der Waals surface area contributed by atoms with Gasteiger partial charge in [-0.2, -0.15) is 0 Å². The first kappa shape index (κ1) is 17.9. The van der Waals surface area contributed by atoms with Crippen molar-refractivity contribution in [2.45, 2.75) is 13.3 Å². The van der Waals surface area contributed by atoms with Gasteiger partial charge in [-0.05, 0) is 18.6 Å². The van der Waals surface area contributed by atoms with E-state index in [0.29, 0.717) is 6.42 Å². The van der Waals surface area contributed by atoms with Crippen molar-refractivity contribution in [3.05, 3.63) is 28.2 Å². The van der Waals surface area contributed by atoms with Gasteiger partial charge >= 0.3 is 5.97 Å². The van der Waals surface area contributed by atoms with Gasteiger partial charge < -0.3 is 14.3 Å². The van der Waals surface area contributed by atoms with Gasteiger partial charge in [0.05, 0.1) is 21.4 Å². The molecule has 1 saturated heterocycles. The van der Waals surface area contributed by atoms with Crippen molar-refractivity contribution in [1.29, 1.82) is 0 Å². The summed E-state index contributed by atoms with van der Waals surface area (Å²) in [7, 11) is -3.63. The first-order chi connectivity index (χ1) is 11.7. The SMILES string of the molecule is CC(=O)Oc1c(N2CCCS2(=O)=O)oc(-c2c(Cl)cccc2Cl)c1O. The molecule has 0 amide bonds. The molecule has 0 aliphatic carbocycles. The van der Waals surface area contributed by atoms with Crippen LogP contribution in [0.1, 0.15) is 13.3 Å². The number of rotatable bonds is 3. The molecular weight excluding hydrogens is 393 g/mol. The van der Waals surface area contributed by atoms with Crippen LogP contribution in [0.2, 0.25) is 10.0 Å². The highest BCUT2D eigenvalue weighted by molar-refractivity contribution is 7.93. The molecule has 3 rings (SSSR count). The summed E-state index contributed by atoms with van der Waals surface area (Å²) in [5.41, 5.74) is 0.166. The molecule has 2 aromatic rings. The van der Waals surface area contributed by atoms with E-state index in [1.807, 2.05) is 0 Å². The third kappa shape index (κ3) is 3.17. The summed E-state index contributed by atoms with van der Waals surface area (Å²) in [6.07, 6.45) is 0.380. The minimum absolute atomic E-state index is 0.0733. The molecular formula is C15H13Cl2NO6S. The van der Waals surface area contributed by atoms with Gasteiger partial charge in [0.15, 0.2) is 5.76 Å². The van der Waals surface area contributed by atoms with Crippen LogP contribution in [-0.4, -0.2) is 31.8 Å². The first-order valence-corrected chi connectivity index (χ1v) is 9.58. The maximum absolute atomic E-state index is 12.2. The lowest BCUT2D eigenvalue weighted by Crippen LogP contribution is -2.25. The molecule has 1 N–H and O–H groups in total. The Hall–Kier alpha value is -1.90. The first-order valence-electron chi connectivity index (χ1n) is 7.21. The van der Waals surface area contributed by atoms with E-state index in [2.05, 4.69) is 0 Å². The van der Waals surface area contributed by atoms with Gasteiger partial charge in [-0.15, -0.1) is 0 Å². The average molecular weight is 406 g/mol. The Labute approximate surface area is 153 Å². The minimum atomic E-state index is -3.63. The second-order valence-electron chi connectivity index (χ2n) is 5.35. The molecule has 0 bridgehead atoms. The maximum Gasteiger partial charge on any atom is 0.308 e. The smallest absolute Gasteiger partial charge is 0.308 e. The number of aromatic hydroxyl groups is 1. The number of nitrogens with zero attached hydrogens (tertiary/aromatic N) is 1. The van der Waals surface area contributed by atoms with Crippen molar-refractivity contribution < 1.29 is 27.5 Å². The quantitative estimate of drug-likeness (QED) is 0.785. The summed E-state index contributed by atoms with van der Waals surface area (Å²) in [6.45, 7) is 1.26. The minimum Gasteiger partial charge on any atom is -0.502 e. The van der Waals surface area contributed by atoms with Crippen molar-refractivity contribution >= 4 is 45.1 Å². The third-order valence-corrected chi connectivity index (χ3v) is 6.04. The Kier molecular flexibility index (Phi) is 4.61. The van der Waals surface area contributed by atoms with Gasteiger partial charge in [0.25, 0.3) is 5.88 Å². The molecule has 134 valence electrons. The van der Waals surface area contributed by atoms with Crippen molar-refractivity contribution in [3.8, 4) is 22.8 Å². The number of hydrogen-bond donors (Lipinski definition) is 1. The van der Waals surface area contributed by atoms with Crippen molar-refractivity contribution in [3.63, 3.8) is 0 Å². The number of benzene rings is 1. The number of sulfonamides is 1. The molecule has 1 fully saturated rings. The fourth-order valence-corrected chi connectivity index (χ4v) is 4.61. The standard InChI is InChI=1S/C15H13Cl2NO6S/c1-8(19)23-14-12(20)13(11-9(16)4-2-5-10(11)17)24-15(14)18-6-3-7-25(18,21)22/h2,4-5,20H,3,6-7H2,1H3. The van der Waals surface area contributed by atoms with Crippen LogP contribution < -0.4 is 9.04 Å². The highest BCUT2D eigenvalue weighted by Crippen LogP contribution is 2.51. The van der Waals surface area contributed by atoms with E-state index in [4.69, 9.17) is 32.4 Å². The molecule has 0 atom stereocenters. The van der Waals surface area contributed by atoms with Crippen LogP contribution in [-0.2, 0) is 14.8 Å². The number of anilines is 1. The number of furan rings is 1. The molecule has 25 heavy (non-hydrogen) atoms. The summed E-state index contributed by atoms with van der Waals surface area (Å²) < 4.78 is 35.9. The van der Waals surface area contributed by atoms with E-state index < -0.39 is 21.7 Å². The normalized spacial score (nSPS) is 16.2. The Balaban J connectivity index is 2.24. The van der Waals surface area contributed by atoms with Crippen molar-refractivity contribution in [2.24, 2.45) is 0 Å². The summed E-state index contributed by atoms with van der Waals surface area (Å²) in [5, 5.41) is 10.8. The van der Waals surface area contributed by atoms with Crippen LogP contribution >= 0.6 is 23.2 Å². The molecule has 0 saturated carbocycles. The average Bonchev–Trinajstić information content (AvgIpc) is 3.00. The molecule has 0 radical (unpaired) electrons. The zero-order valence-corrected chi connectivity index (χ0v) is 15.3. The molecule has 1 aliphatic rings. The van der Waals surface area contributed by atoms with E-state index in [-0.39, 0.29) is 45.3 Å². The Bertz CT molecular complexity index is 933. The van der Waals surface area contributed by atoms with E-state index in [0.717, 1.165) is 11.2 Å². The third-order valence-electron chi connectivity index (χ3n) is 3.58. The lowest BCUT2D eigenvalue weighted by Gasteiger charge is -2.14. The highest BCUT2D eigenvalue weighted by atomic mass is 35.5. The molecule has 10 heteroatoms. The lowest BCUT2D eigenvalue weighted by molar-refractivity contribution is -0.132. The monoisotopic (exact) mass is 405 g/mol. The predicted octanol–water partition coefficient (Wildman–Crippen LogP) is 3.42. The zero-order valence-electron chi connectivity index (χ0n) is 13.0. The van der Waals surface area contributed by atoms with Crippen LogP contribution in [0.4, 0.5) is 5.88 Å². The van der Waals surface area contributed by atoms with Crippen LogP contribution in [0.3, 0.4) is 0 Å². The van der Waals surface area contributed by atoms with Gasteiger partial charge in [0.1, 0.15) is 0 Å². The topological polar surface area (TPSA) is 97.0 Å². The Morgan fingerprint density at radius 3 is 2.48 bits per heavy atom. The number of carbonyl (C=O) groups excluding carboxylic acids is 1.